The third-order valence-electron chi connectivity index (χ3n) is 6.64. The fraction of sp³-hybridized carbons (Fsp3) is 0.478. The number of hydrogen-bond acceptors (Lipinski definition) is 2. The van der Waals surface area contributed by atoms with Crippen LogP contribution in [-0.2, 0) is 10.8 Å². The van der Waals surface area contributed by atoms with E-state index in [1.807, 2.05) is 24.3 Å². The summed E-state index contributed by atoms with van der Waals surface area (Å²) >= 11 is 0. The molecule has 2 heteroatoms. The highest BCUT2D eigenvalue weighted by Crippen LogP contribution is 2.54. The summed E-state index contributed by atoms with van der Waals surface area (Å²) in [6.07, 6.45) is 5.80. The van der Waals surface area contributed by atoms with E-state index >= 15 is 0 Å². The van der Waals surface area contributed by atoms with Crippen LogP contribution in [0.1, 0.15) is 64.0 Å². The molecular weight excluding hydrogens is 308 g/mol. The third-order valence-corrected chi connectivity index (χ3v) is 6.64. The van der Waals surface area contributed by atoms with Crippen molar-refractivity contribution in [2.75, 3.05) is 0 Å². The van der Waals surface area contributed by atoms with Crippen LogP contribution in [0.4, 0.5) is 0 Å². The molecule has 0 amide bonds. The summed E-state index contributed by atoms with van der Waals surface area (Å²) in [5, 5.41) is 19.4. The van der Waals surface area contributed by atoms with Crippen molar-refractivity contribution in [2.24, 2.45) is 5.92 Å². The van der Waals surface area contributed by atoms with Gasteiger partial charge in [-0.1, -0.05) is 51.5 Å². The molecule has 1 aliphatic carbocycles. The Kier molecular flexibility index (Phi) is 4.81. The smallest absolute Gasteiger partial charge is 0.115 e. The molecule has 0 radical (unpaired) electrons. The predicted octanol–water partition coefficient (Wildman–Crippen LogP) is 5.91. The van der Waals surface area contributed by atoms with Crippen molar-refractivity contribution in [2.45, 2.75) is 63.7 Å². The molecule has 1 fully saturated rings. The molecule has 0 heterocycles. The van der Waals surface area contributed by atoms with Crippen molar-refractivity contribution in [1.82, 2.24) is 0 Å². The van der Waals surface area contributed by atoms with Crippen molar-refractivity contribution in [3.8, 4) is 11.5 Å². The van der Waals surface area contributed by atoms with Crippen LogP contribution in [0, 0.1) is 5.92 Å². The molecule has 2 aromatic rings. The molecule has 0 saturated heterocycles. The molecule has 0 spiro atoms. The fourth-order valence-corrected chi connectivity index (χ4v) is 4.96. The van der Waals surface area contributed by atoms with Crippen LogP contribution < -0.4 is 0 Å². The van der Waals surface area contributed by atoms with Crippen LogP contribution in [0.3, 0.4) is 0 Å². The quantitative estimate of drug-likeness (QED) is 0.727. The molecule has 1 aliphatic rings. The van der Waals surface area contributed by atoms with Gasteiger partial charge in [0.05, 0.1) is 0 Å². The average Bonchev–Trinajstić information content (AvgIpc) is 2.62. The van der Waals surface area contributed by atoms with E-state index in [1.165, 1.54) is 30.4 Å². The van der Waals surface area contributed by atoms with Crippen LogP contribution in [0.25, 0.3) is 0 Å². The number of phenolic OH excluding ortho intramolecular Hbond substituents is 2. The molecule has 0 aromatic heterocycles. The van der Waals surface area contributed by atoms with Crippen molar-refractivity contribution in [3.05, 3.63) is 59.7 Å². The van der Waals surface area contributed by atoms with Crippen LogP contribution in [0.15, 0.2) is 48.5 Å². The molecule has 2 nitrogen and oxygen atoms in total. The van der Waals surface area contributed by atoms with Gasteiger partial charge in [-0.25, -0.2) is 0 Å². The van der Waals surface area contributed by atoms with Gasteiger partial charge in [-0.15, -0.1) is 0 Å². The Morgan fingerprint density at radius 1 is 0.840 bits per heavy atom. The Labute approximate surface area is 151 Å². The van der Waals surface area contributed by atoms with Gasteiger partial charge in [0.25, 0.3) is 0 Å². The second-order valence-electron chi connectivity index (χ2n) is 8.07. The van der Waals surface area contributed by atoms with E-state index in [9.17, 15) is 10.2 Å². The largest absolute Gasteiger partial charge is 0.508 e. The van der Waals surface area contributed by atoms with E-state index < -0.39 is 0 Å². The van der Waals surface area contributed by atoms with Crippen molar-refractivity contribution in [1.29, 1.82) is 0 Å². The first-order valence-corrected chi connectivity index (χ1v) is 9.51. The molecule has 0 aliphatic heterocycles. The molecular formula is C23H30O2. The summed E-state index contributed by atoms with van der Waals surface area (Å²) in [5.74, 6) is 1.19. The van der Waals surface area contributed by atoms with Gasteiger partial charge in [0, 0.05) is 0 Å². The van der Waals surface area contributed by atoms with Crippen LogP contribution in [0.5, 0.6) is 11.5 Å². The number of hydrogen-bond donors (Lipinski definition) is 2. The van der Waals surface area contributed by atoms with Gasteiger partial charge in [-0.05, 0) is 77.8 Å². The summed E-state index contributed by atoms with van der Waals surface area (Å²) in [7, 11) is 0. The molecule has 2 aromatic carbocycles. The molecule has 0 bridgehead atoms. The van der Waals surface area contributed by atoms with Crippen molar-refractivity contribution >= 4 is 0 Å². The van der Waals surface area contributed by atoms with E-state index in [4.69, 9.17) is 0 Å². The summed E-state index contributed by atoms with van der Waals surface area (Å²) in [5.41, 5.74) is 2.96. The third kappa shape index (κ3) is 3.15. The molecule has 3 rings (SSSR count). The first-order chi connectivity index (χ1) is 11.9. The minimum Gasteiger partial charge on any atom is -0.508 e. The minimum atomic E-state index is 0.125. The van der Waals surface area contributed by atoms with Gasteiger partial charge < -0.3 is 10.2 Å². The lowest BCUT2D eigenvalue weighted by molar-refractivity contribution is 0.133. The lowest BCUT2D eigenvalue weighted by Crippen LogP contribution is -2.45. The van der Waals surface area contributed by atoms with Gasteiger partial charge in [0.2, 0.25) is 0 Å². The second-order valence-corrected chi connectivity index (χ2v) is 8.07. The number of benzene rings is 2. The van der Waals surface area contributed by atoms with Gasteiger partial charge in [0.15, 0.2) is 0 Å². The number of aromatic hydroxyl groups is 2. The first kappa shape index (κ1) is 17.8. The maximum Gasteiger partial charge on any atom is 0.115 e. The van der Waals surface area contributed by atoms with E-state index in [2.05, 4.69) is 45.0 Å². The highest BCUT2D eigenvalue weighted by molar-refractivity contribution is 5.37. The lowest BCUT2D eigenvalue weighted by atomic mass is 9.53. The van der Waals surface area contributed by atoms with E-state index in [0.717, 1.165) is 12.8 Å². The second kappa shape index (κ2) is 6.74. The normalized spacial score (nSPS) is 26.7. The first-order valence-electron chi connectivity index (χ1n) is 9.51. The fourth-order valence-electron chi connectivity index (χ4n) is 4.96. The van der Waals surface area contributed by atoms with E-state index in [0.29, 0.717) is 17.4 Å². The van der Waals surface area contributed by atoms with Crippen LogP contribution in [0.2, 0.25) is 0 Å². The Morgan fingerprint density at radius 3 is 1.84 bits per heavy atom. The Morgan fingerprint density at radius 2 is 1.36 bits per heavy atom. The highest BCUT2D eigenvalue weighted by atomic mass is 16.3. The predicted molar refractivity (Wildman–Crippen MR) is 103 cm³/mol. The monoisotopic (exact) mass is 338 g/mol. The minimum absolute atomic E-state index is 0.125. The number of phenols is 2. The average molecular weight is 338 g/mol. The van der Waals surface area contributed by atoms with Crippen LogP contribution >= 0.6 is 0 Å². The molecule has 2 N–H and O–H groups in total. The van der Waals surface area contributed by atoms with Gasteiger partial charge >= 0.3 is 0 Å². The Hall–Kier alpha value is -1.96. The van der Waals surface area contributed by atoms with Crippen molar-refractivity contribution < 1.29 is 10.2 Å². The number of rotatable bonds is 4. The SMILES string of the molecule is CCC1(c2ccc(O)cc2)CCCC(c2ccc(O)cc2)(C(C)C)C1. The Balaban J connectivity index is 2.06. The molecule has 134 valence electrons. The molecule has 2 atom stereocenters. The standard InChI is InChI=1S/C23H30O2/c1-4-22(18-6-10-20(24)11-7-18)14-5-15-23(16-22,17(2)3)19-8-12-21(25)13-9-19/h6-13,17,24-25H,4-5,14-16H2,1-3H3. The lowest BCUT2D eigenvalue weighted by Gasteiger charge is -2.51. The zero-order valence-corrected chi connectivity index (χ0v) is 15.6. The Bertz CT molecular complexity index is 702. The van der Waals surface area contributed by atoms with E-state index in [-0.39, 0.29) is 10.8 Å². The van der Waals surface area contributed by atoms with Gasteiger partial charge in [-0.3, -0.25) is 0 Å². The summed E-state index contributed by atoms with van der Waals surface area (Å²) in [4.78, 5) is 0. The summed E-state index contributed by atoms with van der Waals surface area (Å²) in [6, 6.07) is 15.7. The van der Waals surface area contributed by atoms with Crippen molar-refractivity contribution in [3.63, 3.8) is 0 Å². The molecule has 2 unspecified atom stereocenters. The van der Waals surface area contributed by atoms with Gasteiger partial charge in [-0.2, -0.15) is 0 Å². The maximum atomic E-state index is 9.71. The zero-order chi connectivity index (χ0) is 18.1. The van der Waals surface area contributed by atoms with E-state index in [1.54, 1.807) is 0 Å². The van der Waals surface area contributed by atoms with Crippen LogP contribution in [-0.4, -0.2) is 10.2 Å². The zero-order valence-electron chi connectivity index (χ0n) is 15.6. The summed E-state index contributed by atoms with van der Waals surface area (Å²) < 4.78 is 0. The highest BCUT2D eigenvalue weighted by Gasteiger charge is 2.47. The summed E-state index contributed by atoms with van der Waals surface area (Å²) in [6.45, 7) is 6.95. The molecule has 25 heavy (non-hydrogen) atoms. The topological polar surface area (TPSA) is 40.5 Å². The maximum absolute atomic E-state index is 9.71. The molecule has 1 saturated carbocycles. The van der Waals surface area contributed by atoms with Gasteiger partial charge in [0.1, 0.15) is 11.5 Å².